The van der Waals surface area contributed by atoms with Crippen LogP contribution in [0.4, 0.5) is 0 Å². The number of nitrogens with zero attached hydrogens (tertiary/aromatic N) is 3. The van der Waals surface area contributed by atoms with Crippen molar-refractivity contribution in [3.05, 3.63) is 84.1 Å². The molecule has 4 aromatic rings. The van der Waals surface area contributed by atoms with Gasteiger partial charge in [0.15, 0.2) is 0 Å². The van der Waals surface area contributed by atoms with Crippen LogP contribution in [0, 0.1) is 0 Å². The number of hydrogen-bond donors (Lipinski definition) is 1. The summed E-state index contributed by atoms with van der Waals surface area (Å²) in [6, 6.07) is 23.1. The van der Waals surface area contributed by atoms with Crippen LogP contribution in [0.3, 0.4) is 0 Å². The van der Waals surface area contributed by atoms with Crippen molar-refractivity contribution in [2.45, 2.75) is 13.1 Å². The molecule has 0 unspecified atom stereocenters. The highest BCUT2D eigenvalue weighted by Gasteiger charge is 2.08. The van der Waals surface area contributed by atoms with Crippen LogP contribution in [0.5, 0.6) is 0 Å². The summed E-state index contributed by atoms with van der Waals surface area (Å²) in [5.41, 5.74) is 10.1. The summed E-state index contributed by atoms with van der Waals surface area (Å²) in [4.78, 5) is 0. The maximum absolute atomic E-state index is 5.65. The van der Waals surface area contributed by atoms with Crippen molar-refractivity contribution < 1.29 is 0 Å². The van der Waals surface area contributed by atoms with Gasteiger partial charge in [-0.2, -0.15) is 0 Å². The normalized spacial score (nSPS) is 11.0. The van der Waals surface area contributed by atoms with Gasteiger partial charge in [0.2, 0.25) is 0 Å². The average Bonchev–Trinajstić information content (AvgIpc) is 3.10. The monoisotopic (exact) mass is 314 g/mol. The molecule has 1 heterocycles. The van der Waals surface area contributed by atoms with Gasteiger partial charge in [-0.3, -0.25) is 0 Å². The lowest BCUT2D eigenvalue weighted by molar-refractivity contribution is 0.655. The number of fused-ring (bicyclic) bond motifs is 1. The van der Waals surface area contributed by atoms with E-state index in [1.165, 1.54) is 16.3 Å². The zero-order chi connectivity index (χ0) is 16.4. The molecular formula is C20H18N4. The average molecular weight is 314 g/mol. The third kappa shape index (κ3) is 2.79. The van der Waals surface area contributed by atoms with Crippen molar-refractivity contribution in [1.29, 1.82) is 0 Å². The molecule has 2 N–H and O–H groups in total. The van der Waals surface area contributed by atoms with Crippen molar-refractivity contribution in [2.75, 3.05) is 0 Å². The fraction of sp³-hybridized carbons (Fsp3) is 0.100. The topological polar surface area (TPSA) is 56.7 Å². The fourth-order valence-electron chi connectivity index (χ4n) is 2.90. The van der Waals surface area contributed by atoms with E-state index >= 15 is 0 Å². The Labute approximate surface area is 140 Å². The van der Waals surface area contributed by atoms with Gasteiger partial charge in [0.05, 0.1) is 18.4 Å². The van der Waals surface area contributed by atoms with E-state index in [0.29, 0.717) is 13.1 Å². The number of benzene rings is 3. The Balaban J connectivity index is 1.67. The Morgan fingerprint density at radius 3 is 2.38 bits per heavy atom. The van der Waals surface area contributed by atoms with Crippen molar-refractivity contribution in [2.24, 2.45) is 5.73 Å². The molecule has 1 aromatic heterocycles. The lowest BCUT2D eigenvalue weighted by Gasteiger charge is -2.08. The maximum atomic E-state index is 5.65. The third-order valence-corrected chi connectivity index (χ3v) is 4.25. The molecule has 0 spiro atoms. The molecule has 0 fully saturated rings. The van der Waals surface area contributed by atoms with E-state index in [4.69, 9.17) is 5.73 Å². The van der Waals surface area contributed by atoms with Crippen LogP contribution in [0.25, 0.3) is 22.0 Å². The van der Waals surface area contributed by atoms with Crippen LogP contribution in [0.15, 0.2) is 72.9 Å². The minimum absolute atomic E-state index is 0.561. The summed E-state index contributed by atoms with van der Waals surface area (Å²) in [5, 5.41) is 10.8. The van der Waals surface area contributed by atoms with E-state index in [0.717, 1.165) is 16.8 Å². The molecule has 0 aliphatic rings. The van der Waals surface area contributed by atoms with Crippen LogP contribution in [0.2, 0.25) is 0 Å². The quantitative estimate of drug-likeness (QED) is 0.626. The second-order valence-electron chi connectivity index (χ2n) is 5.86. The Bertz CT molecular complexity index is 970. The molecule has 0 bridgehead atoms. The van der Waals surface area contributed by atoms with Gasteiger partial charge in [-0.15, -0.1) is 5.10 Å². The summed E-state index contributed by atoms with van der Waals surface area (Å²) < 4.78 is 1.93. The van der Waals surface area contributed by atoms with Gasteiger partial charge < -0.3 is 5.73 Å². The Morgan fingerprint density at radius 1 is 0.833 bits per heavy atom. The molecule has 0 aliphatic heterocycles. The molecule has 0 atom stereocenters. The van der Waals surface area contributed by atoms with Crippen molar-refractivity contribution >= 4 is 10.8 Å². The van der Waals surface area contributed by atoms with Crippen LogP contribution < -0.4 is 5.73 Å². The molecule has 3 aromatic carbocycles. The maximum Gasteiger partial charge on any atom is 0.0889 e. The van der Waals surface area contributed by atoms with E-state index in [-0.39, 0.29) is 0 Å². The highest BCUT2D eigenvalue weighted by Crippen LogP contribution is 2.24. The van der Waals surface area contributed by atoms with E-state index in [1.807, 2.05) is 10.9 Å². The van der Waals surface area contributed by atoms with E-state index in [1.54, 1.807) is 0 Å². The van der Waals surface area contributed by atoms with E-state index < -0.39 is 0 Å². The van der Waals surface area contributed by atoms with Gasteiger partial charge in [0.25, 0.3) is 0 Å². The molecule has 24 heavy (non-hydrogen) atoms. The van der Waals surface area contributed by atoms with E-state index in [2.05, 4.69) is 77.0 Å². The molecule has 118 valence electrons. The summed E-state index contributed by atoms with van der Waals surface area (Å²) in [6.45, 7) is 1.25. The van der Waals surface area contributed by atoms with Crippen molar-refractivity contribution in [1.82, 2.24) is 15.0 Å². The largest absolute Gasteiger partial charge is 0.326 e. The summed E-state index contributed by atoms with van der Waals surface area (Å²) in [5.74, 6) is 0. The minimum Gasteiger partial charge on any atom is -0.326 e. The van der Waals surface area contributed by atoms with E-state index in [9.17, 15) is 0 Å². The zero-order valence-corrected chi connectivity index (χ0v) is 13.3. The van der Waals surface area contributed by atoms with Gasteiger partial charge in [0, 0.05) is 12.1 Å². The Morgan fingerprint density at radius 2 is 1.58 bits per heavy atom. The number of nitrogens with two attached hydrogens (primary N) is 1. The first-order valence-electron chi connectivity index (χ1n) is 7.99. The lowest BCUT2D eigenvalue weighted by atomic mass is 10.1. The molecule has 0 aliphatic carbocycles. The van der Waals surface area contributed by atoms with Gasteiger partial charge >= 0.3 is 0 Å². The molecule has 0 saturated heterocycles. The summed E-state index contributed by atoms with van der Waals surface area (Å²) >= 11 is 0. The predicted octanol–water partition coefficient (Wildman–Crippen LogP) is 3.61. The smallest absolute Gasteiger partial charge is 0.0889 e. The van der Waals surface area contributed by atoms with Gasteiger partial charge in [0.1, 0.15) is 0 Å². The second-order valence-corrected chi connectivity index (χ2v) is 5.86. The Kier molecular flexibility index (Phi) is 3.81. The summed E-state index contributed by atoms with van der Waals surface area (Å²) in [7, 11) is 0. The third-order valence-electron chi connectivity index (χ3n) is 4.25. The number of hydrogen-bond acceptors (Lipinski definition) is 3. The fourth-order valence-corrected chi connectivity index (χ4v) is 2.90. The number of aromatic nitrogens is 3. The molecule has 0 saturated carbocycles. The first-order chi connectivity index (χ1) is 11.8. The SMILES string of the molecule is NCc1ccc(Cn2nncc2-c2ccc3ccccc3c2)cc1. The van der Waals surface area contributed by atoms with Gasteiger partial charge in [-0.05, 0) is 28.0 Å². The standard InChI is InChI=1S/C20H18N4/c21-12-15-5-7-16(8-6-15)14-24-20(13-22-23-24)19-10-9-17-3-1-2-4-18(17)11-19/h1-11,13H,12,14,21H2. The van der Waals surface area contributed by atoms with Gasteiger partial charge in [-0.1, -0.05) is 65.9 Å². The summed E-state index contributed by atoms with van der Waals surface area (Å²) in [6.07, 6.45) is 1.82. The molecule has 0 radical (unpaired) electrons. The Hall–Kier alpha value is -2.98. The molecule has 4 rings (SSSR count). The van der Waals surface area contributed by atoms with Gasteiger partial charge in [-0.25, -0.2) is 4.68 Å². The minimum atomic E-state index is 0.561. The molecule has 4 heteroatoms. The molecular weight excluding hydrogens is 296 g/mol. The molecule has 0 amide bonds. The first-order valence-corrected chi connectivity index (χ1v) is 7.99. The van der Waals surface area contributed by atoms with Crippen LogP contribution in [-0.4, -0.2) is 15.0 Å². The van der Waals surface area contributed by atoms with Crippen LogP contribution >= 0.6 is 0 Å². The zero-order valence-electron chi connectivity index (χ0n) is 13.3. The lowest BCUT2D eigenvalue weighted by Crippen LogP contribution is -2.04. The highest BCUT2D eigenvalue weighted by molar-refractivity contribution is 5.86. The second kappa shape index (κ2) is 6.26. The van der Waals surface area contributed by atoms with Crippen molar-refractivity contribution in [3.63, 3.8) is 0 Å². The van der Waals surface area contributed by atoms with Crippen LogP contribution in [-0.2, 0) is 13.1 Å². The molecule has 4 nitrogen and oxygen atoms in total. The highest BCUT2D eigenvalue weighted by atomic mass is 15.4. The number of rotatable bonds is 4. The first kappa shape index (κ1) is 14.6. The predicted molar refractivity (Wildman–Crippen MR) is 96.4 cm³/mol. The van der Waals surface area contributed by atoms with Crippen molar-refractivity contribution in [3.8, 4) is 11.3 Å². The van der Waals surface area contributed by atoms with Crippen LogP contribution in [0.1, 0.15) is 11.1 Å².